The van der Waals surface area contributed by atoms with Crippen LogP contribution in [0, 0.1) is 0 Å². The molecular formula is C11H16BrClN2O2. The highest BCUT2D eigenvalue weighted by Crippen LogP contribution is 2.15. The Morgan fingerprint density at radius 2 is 2.06 bits per heavy atom. The van der Waals surface area contributed by atoms with Gasteiger partial charge in [0.15, 0.2) is 0 Å². The molecule has 0 aliphatic carbocycles. The molecule has 0 heterocycles. The molecule has 0 aromatic heterocycles. The summed E-state index contributed by atoms with van der Waals surface area (Å²) in [5.74, 6) is 0.609. The fraction of sp³-hybridized carbons (Fsp3) is 0.364. The Morgan fingerprint density at radius 1 is 1.47 bits per heavy atom. The largest absolute Gasteiger partial charge is 0.492 e. The van der Waals surface area contributed by atoms with Crippen LogP contribution in [0.25, 0.3) is 0 Å². The lowest BCUT2D eigenvalue weighted by Gasteiger charge is -2.09. The maximum Gasteiger partial charge on any atom is 0.236 e. The third-order valence-corrected chi connectivity index (χ3v) is 2.43. The average Bonchev–Trinajstić information content (AvgIpc) is 2.26. The van der Waals surface area contributed by atoms with Gasteiger partial charge in [-0.15, -0.1) is 12.4 Å². The fourth-order valence-electron chi connectivity index (χ4n) is 1.03. The quantitative estimate of drug-likeness (QED) is 0.811. The van der Waals surface area contributed by atoms with Gasteiger partial charge in [0.05, 0.1) is 12.6 Å². The molecule has 96 valence electrons. The summed E-state index contributed by atoms with van der Waals surface area (Å²) in [5.41, 5.74) is 5.39. The van der Waals surface area contributed by atoms with Gasteiger partial charge in [-0.2, -0.15) is 0 Å². The van der Waals surface area contributed by atoms with E-state index in [9.17, 15) is 4.79 Å². The number of rotatable bonds is 5. The number of halogens is 2. The first-order valence-corrected chi connectivity index (χ1v) is 5.80. The molecule has 0 bridgehead atoms. The zero-order valence-electron chi connectivity index (χ0n) is 9.48. The molecule has 1 aromatic carbocycles. The molecule has 0 unspecified atom stereocenters. The molecule has 3 N–H and O–H groups in total. The Morgan fingerprint density at radius 3 is 2.59 bits per heavy atom. The zero-order chi connectivity index (χ0) is 12.0. The minimum Gasteiger partial charge on any atom is -0.492 e. The molecule has 0 saturated carbocycles. The number of hydrogen-bond acceptors (Lipinski definition) is 3. The van der Waals surface area contributed by atoms with Crippen LogP contribution in [0.3, 0.4) is 0 Å². The molecule has 0 fully saturated rings. The minimum absolute atomic E-state index is 0. The standard InChI is InChI=1S/C11H15BrN2O2.ClH/c1-8(13)11(15)14-6-7-16-10-4-2-9(12)3-5-10;/h2-5,8H,6-7,13H2,1H3,(H,14,15);1H/t8-;/m1./s1. The van der Waals surface area contributed by atoms with E-state index in [1.165, 1.54) is 0 Å². The van der Waals surface area contributed by atoms with Crippen LogP contribution in [0.1, 0.15) is 6.92 Å². The fourth-order valence-corrected chi connectivity index (χ4v) is 1.30. The molecular weight excluding hydrogens is 307 g/mol. The van der Waals surface area contributed by atoms with E-state index in [1.807, 2.05) is 24.3 Å². The minimum atomic E-state index is -0.479. The summed E-state index contributed by atoms with van der Waals surface area (Å²) in [4.78, 5) is 11.1. The maximum absolute atomic E-state index is 11.1. The van der Waals surface area contributed by atoms with Crippen LogP contribution < -0.4 is 15.8 Å². The third kappa shape index (κ3) is 6.51. The van der Waals surface area contributed by atoms with Crippen molar-refractivity contribution in [3.8, 4) is 5.75 Å². The predicted molar refractivity (Wildman–Crippen MR) is 73.5 cm³/mol. The number of carbonyl (C=O) groups is 1. The summed E-state index contributed by atoms with van der Waals surface area (Å²) in [6, 6.07) is 7.04. The molecule has 17 heavy (non-hydrogen) atoms. The lowest BCUT2D eigenvalue weighted by molar-refractivity contribution is -0.122. The van der Waals surface area contributed by atoms with Crippen molar-refractivity contribution in [2.45, 2.75) is 13.0 Å². The Bertz CT molecular complexity index is 344. The SMILES string of the molecule is C[C@@H](N)C(=O)NCCOc1ccc(Br)cc1.Cl. The average molecular weight is 324 g/mol. The highest BCUT2D eigenvalue weighted by molar-refractivity contribution is 9.10. The first-order chi connectivity index (χ1) is 7.59. The number of ether oxygens (including phenoxy) is 1. The van der Waals surface area contributed by atoms with Gasteiger partial charge >= 0.3 is 0 Å². The van der Waals surface area contributed by atoms with Gasteiger partial charge in [-0.25, -0.2) is 0 Å². The number of hydrogen-bond donors (Lipinski definition) is 2. The number of benzene rings is 1. The van der Waals surface area contributed by atoms with Gasteiger partial charge in [0.25, 0.3) is 0 Å². The second-order valence-corrected chi connectivity index (χ2v) is 4.30. The van der Waals surface area contributed by atoms with E-state index < -0.39 is 6.04 Å². The van der Waals surface area contributed by atoms with Gasteiger partial charge in [0.1, 0.15) is 12.4 Å². The normalized spacial score (nSPS) is 11.2. The topological polar surface area (TPSA) is 64.4 Å². The molecule has 0 spiro atoms. The molecule has 1 amide bonds. The lowest BCUT2D eigenvalue weighted by Crippen LogP contribution is -2.40. The van der Waals surface area contributed by atoms with Gasteiger partial charge < -0.3 is 15.8 Å². The van der Waals surface area contributed by atoms with Crippen LogP contribution in [0.15, 0.2) is 28.7 Å². The molecule has 1 rings (SSSR count). The van der Waals surface area contributed by atoms with Crippen molar-refractivity contribution in [3.05, 3.63) is 28.7 Å². The Hall–Kier alpha value is -0.780. The van der Waals surface area contributed by atoms with Gasteiger partial charge in [-0.1, -0.05) is 15.9 Å². The summed E-state index contributed by atoms with van der Waals surface area (Å²) >= 11 is 3.34. The van der Waals surface area contributed by atoms with Crippen LogP contribution in [-0.4, -0.2) is 25.1 Å². The predicted octanol–water partition coefficient (Wildman–Crippen LogP) is 1.71. The molecule has 0 aliphatic heterocycles. The number of carbonyl (C=O) groups excluding carboxylic acids is 1. The number of nitrogens with one attached hydrogen (secondary N) is 1. The Balaban J connectivity index is 0.00000256. The van der Waals surface area contributed by atoms with E-state index in [0.717, 1.165) is 10.2 Å². The van der Waals surface area contributed by atoms with Crippen LogP contribution in [0.5, 0.6) is 5.75 Å². The van der Waals surface area contributed by atoms with Crippen molar-refractivity contribution in [2.24, 2.45) is 5.73 Å². The van der Waals surface area contributed by atoms with Crippen molar-refractivity contribution >= 4 is 34.2 Å². The highest BCUT2D eigenvalue weighted by Gasteiger charge is 2.05. The molecule has 0 saturated heterocycles. The van der Waals surface area contributed by atoms with Crippen LogP contribution in [0.4, 0.5) is 0 Å². The summed E-state index contributed by atoms with van der Waals surface area (Å²) < 4.78 is 6.42. The van der Waals surface area contributed by atoms with E-state index in [4.69, 9.17) is 10.5 Å². The van der Waals surface area contributed by atoms with Gasteiger partial charge in [-0.05, 0) is 31.2 Å². The zero-order valence-corrected chi connectivity index (χ0v) is 11.9. The van der Waals surface area contributed by atoms with Gasteiger partial charge in [-0.3, -0.25) is 4.79 Å². The van der Waals surface area contributed by atoms with Crippen molar-refractivity contribution in [3.63, 3.8) is 0 Å². The maximum atomic E-state index is 11.1. The van der Waals surface area contributed by atoms with Gasteiger partial charge in [0.2, 0.25) is 5.91 Å². The Kier molecular flexibility index (Phi) is 7.95. The van der Waals surface area contributed by atoms with Crippen LogP contribution in [0.2, 0.25) is 0 Å². The molecule has 0 aliphatic rings. The van der Waals surface area contributed by atoms with Crippen LogP contribution in [-0.2, 0) is 4.79 Å². The summed E-state index contributed by atoms with van der Waals surface area (Å²) in [7, 11) is 0. The molecule has 1 aromatic rings. The summed E-state index contributed by atoms with van der Waals surface area (Å²) in [6.07, 6.45) is 0. The number of amides is 1. The van der Waals surface area contributed by atoms with E-state index in [2.05, 4.69) is 21.2 Å². The van der Waals surface area contributed by atoms with Crippen molar-refractivity contribution < 1.29 is 9.53 Å². The second kappa shape index (κ2) is 8.33. The first-order valence-electron chi connectivity index (χ1n) is 5.01. The monoisotopic (exact) mass is 322 g/mol. The molecule has 4 nitrogen and oxygen atoms in total. The third-order valence-electron chi connectivity index (χ3n) is 1.90. The summed E-state index contributed by atoms with van der Waals surface area (Å²) in [6.45, 7) is 2.53. The van der Waals surface area contributed by atoms with Crippen LogP contribution >= 0.6 is 28.3 Å². The Labute approximate surface area is 115 Å². The lowest BCUT2D eigenvalue weighted by atomic mass is 10.3. The first kappa shape index (κ1) is 16.2. The smallest absolute Gasteiger partial charge is 0.236 e. The van der Waals surface area contributed by atoms with E-state index in [0.29, 0.717) is 13.2 Å². The highest BCUT2D eigenvalue weighted by atomic mass is 79.9. The second-order valence-electron chi connectivity index (χ2n) is 3.38. The summed E-state index contributed by atoms with van der Waals surface area (Å²) in [5, 5.41) is 2.67. The van der Waals surface area contributed by atoms with Crippen molar-refractivity contribution in [1.82, 2.24) is 5.32 Å². The molecule has 6 heteroatoms. The molecule has 0 radical (unpaired) electrons. The van der Waals surface area contributed by atoms with E-state index in [-0.39, 0.29) is 18.3 Å². The van der Waals surface area contributed by atoms with Crippen molar-refractivity contribution in [1.29, 1.82) is 0 Å². The van der Waals surface area contributed by atoms with Gasteiger partial charge in [0, 0.05) is 4.47 Å². The molecule has 1 atom stereocenters. The van der Waals surface area contributed by atoms with Crippen molar-refractivity contribution in [2.75, 3.05) is 13.2 Å². The van der Waals surface area contributed by atoms with E-state index >= 15 is 0 Å². The van der Waals surface area contributed by atoms with E-state index in [1.54, 1.807) is 6.92 Å². The number of nitrogens with two attached hydrogens (primary N) is 1.